The number of unbranched alkanes of at least 4 members (excludes halogenated alkanes) is 1. The molecule has 0 amide bonds. The van der Waals surface area contributed by atoms with Crippen LogP contribution in [-0.4, -0.2) is 76.1 Å². The number of hydrogen-bond acceptors (Lipinski definition) is 9. The Bertz CT molecular complexity index is 1770. The summed E-state index contributed by atoms with van der Waals surface area (Å²) in [7, 11) is 0. The first kappa shape index (κ1) is 29.5. The Morgan fingerprint density at radius 2 is 1.89 bits per heavy atom. The number of carboxylic acid groups (broad SMARTS) is 1. The van der Waals surface area contributed by atoms with Gasteiger partial charge >= 0.3 is 12.0 Å². The van der Waals surface area contributed by atoms with Gasteiger partial charge in [0.2, 0.25) is 0 Å². The number of nitrogens with zero attached hydrogens (tertiary/aromatic N) is 4. The first-order valence-corrected chi connectivity index (χ1v) is 14.5. The van der Waals surface area contributed by atoms with Crippen LogP contribution in [0.4, 0.5) is 14.6 Å². The van der Waals surface area contributed by atoms with Crippen molar-refractivity contribution in [3.63, 3.8) is 0 Å². The zero-order valence-electron chi connectivity index (χ0n) is 23.9. The predicted molar refractivity (Wildman–Crippen MR) is 160 cm³/mol. The molecule has 2 bridgehead atoms. The first-order chi connectivity index (χ1) is 21.3. The number of benzene rings is 2. The predicted octanol–water partition coefficient (Wildman–Crippen LogP) is 4.40. The number of phenols is 1. The second kappa shape index (κ2) is 12.6. The van der Waals surface area contributed by atoms with Gasteiger partial charge in [-0.3, -0.25) is 9.78 Å². The molecule has 2 fully saturated rings. The van der Waals surface area contributed by atoms with E-state index in [2.05, 4.69) is 31.1 Å². The van der Waals surface area contributed by atoms with Crippen molar-refractivity contribution in [2.75, 3.05) is 37.8 Å². The van der Waals surface area contributed by atoms with Crippen LogP contribution in [0.15, 0.2) is 30.5 Å². The highest BCUT2D eigenvalue weighted by molar-refractivity contribution is 6.03. The zero-order valence-corrected chi connectivity index (χ0v) is 23.9. The van der Waals surface area contributed by atoms with E-state index in [0.717, 1.165) is 12.8 Å². The molecule has 4 heterocycles. The fourth-order valence-electron chi connectivity index (χ4n) is 5.97. The number of aromatic nitrogens is 3. The number of aromatic hydroxyl groups is 1. The number of carbonyl (C=O) groups is 1. The monoisotopic (exact) mass is 603 g/mol. The van der Waals surface area contributed by atoms with Crippen molar-refractivity contribution >= 4 is 33.5 Å². The minimum Gasteiger partial charge on any atom is -0.508 e. The summed E-state index contributed by atoms with van der Waals surface area (Å²) >= 11 is 0. The van der Waals surface area contributed by atoms with Gasteiger partial charge in [0.25, 0.3) is 0 Å². The maximum atomic E-state index is 16.5. The van der Waals surface area contributed by atoms with Crippen LogP contribution in [0.5, 0.6) is 11.8 Å². The van der Waals surface area contributed by atoms with Gasteiger partial charge in [0.1, 0.15) is 28.6 Å². The smallest absolute Gasteiger partial charge is 0.319 e. The average Bonchev–Trinajstić information content (AvgIpc) is 3.35. The number of aliphatic carboxylic acids is 1. The van der Waals surface area contributed by atoms with Gasteiger partial charge in [-0.1, -0.05) is 12.0 Å². The third-order valence-corrected chi connectivity index (χ3v) is 7.99. The number of fused-ring (bicyclic) bond motifs is 4. The number of halogens is 2. The van der Waals surface area contributed by atoms with Gasteiger partial charge in [-0.05, 0) is 49.3 Å². The summed E-state index contributed by atoms with van der Waals surface area (Å²) in [6.07, 6.45) is 10.4. The molecule has 12 heteroatoms. The van der Waals surface area contributed by atoms with E-state index >= 15 is 4.39 Å². The summed E-state index contributed by atoms with van der Waals surface area (Å²) in [6.45, 7) is 2.12. The van der Waals surface area contributed by atoms with E-state index in [4.69, 9.17) is 21.0 Å². The number of nitrogens with one attached hydrogen (secondary N) is 1. The molecule has 0 aliphatic carbocycles. The number of phenolic OH excluding ortho intramolecular Hbond substituents is 1. The molecule has 2 aliphatic rings. The molecule has 2 unspecified atom stereocenters. The average molecular weight is 604 g/mol. The van der Waals surface area contributed by atoms with Crippen molar-refractivity contribution in [1.82, 2.24) is 20.3 Å². The molecular weight excluding hydrogens is 572 g/mol. The van der Waals surface area contributed by atoms with E-state index in [0.29, 0.717) is 49.1 Å². The van der Waals surface area contributed by atoms with Crippen molar-refractivity contribution in [3.05, 3.63) is 47.7 Å². The molecule has 2 aromatic carbocycles. The fourth-order valence-corrected chi connectivity index (χ4v) is 5.97. The van der Waals surface area contributed by atoms with Crippen molar-refractivity contribution in [2.45, 2.75) is 44.2 Å². The Labute approximate surface area is 252 Å². The van der Waals surface area contributed by atoms with Gasteiger partial charge in [-0.15, -0.1) is 6.42 Å². The highest BCUT2D eigenvalue weighted by atomic mass is 19.1. The minimum absolute atomic E-state index is 0.00245. The maximum absolute atomic E-state index is 16.5. The van der Waals surface area contributed by atoms with Crippen LogP contribution in [0, 0.1) is 24.0 Å². The normalized spacial score (nSPS) is 17.7. The second-order valence-electron chi connectivity index (χ2n) is 11.0. The Morgan fingerprint density at radius 3 is 2.64 bits per heavy atom. The van der Waals surface area contributed by atoms with Crippen molar-refractivity contribution in [3.8, 4) is 35.4 Å². The van der Waals surface area contributed by atoms with Crippen LogP contribution >= 0.6 is 0 Å². The molecule has 3 N–H and O–H groups in total. The second-order valence-corrected chi connectivity index (χ2v) is 11.0. The number of ether oxygens (including phenoxy) is 2. The van der Waals surface area contributed by atoms with E-state index in [1.54, 1.807) is 0 Å². The van der Waals surface area contributed by atoms with Gasteiger partial charge in [-0.25, -0.2) is 8.78 Å². The maximum Gasteiger partial charge on any atom is 0.319 e. The summed E-state index contributed by atoms with van der Waals surface area (Å²) in [5.74, 6) is 0.367. The lowest BCUT2D eigenvalue weighted by Crippen LogP contribution is -2.51. The lowest BCUT2D eigenvalue weighted by atomic mass is 9.96. The molecule has 2 aromatic heterocycles. The fraction of sp³-hybridized carbons (Fsp3) is 0.375. The third-order valence-electron chi connectivity index (χ3n) is 7.99. The molecule has 4 aromatic rings. The molecule has 0 radical (unpaired) electrons. The van der Waals surface area contributed by atoms with Gasteiger partial charge in [-0.2, -0.15) is 9.97 Å². The summed E-state index contributed by atoms with van der Waals surface area (Å²) < 4.78 is 42.5. The molecule has 2 saturated heterocycles. The third kappa shape index (κ3) is 5.93. The quantitative estimate of drug-likeness (QED) is 0.168. The van der Waals surface area contributed by atoms with Crippen molar-refractivity contribution in [1.29, 1.82) is 0 Å². The van der Waals surface area contributed by atoms with E-state index in [9.17, 15) is 14.3 Å². The summed E-state index contributed by atoms with van der Waals surface area (Å²) in [6, 6.07) is 5.99. The Hall–Kier alpha value is -4.60. The van der Waals surface area contributed by atoms with Gasteiger partial charge in [0.05, 0.1) is 30.6 Å². The number of terminal acetylenes is 1. The number of anilines is 1. The SMILES string of the molecule is C#Cc1c(F)ccc2cc(O)cc(-c3ncc4c(N5CC6CCC(C5)N6)nc(OCCCCOCCC(=O)O)nc4c3F)c12. The van der Waals surface area contributed by atoms with Crippen LogP contribution in [0.1, 0.15) is 37.7 Å². The lowest BCUT2D eigenvalue weighted by Gasteiger charge is -2.34. The van der Waals surface area contributed by atoms with Crippen LogP contribution in [0.3, 0.4) is 0 Å². The van der Waals surface area contributed by atoms with Gasteiger partial charge < -0.3 is 29.9 Å². The topological polar surface area (TPSA) is 130 Å². The number of rotatable bonds is 11. The molecule has 228 valence electrons. The Kier molecular flexibility index (Phi) is 8.41. The van der Waals surface area contributed by atoms with Crippen molar-refractivity contribution < 1.29 is 33.3 Å². The Morgan fingerprint density at radius 1 is 1.11 bits per heavy atom. The first-order valence-electron chi connectivity index (χ1n) is 14.5. The van der Waals surface area contributed by atoms with E-state index in [1.807, 2.05) is 0 Å². The Balaban J connectivity index is 1.37. The van der Waals surface area contributed by atoms with Crippen molar-refractivity contribution in [2.24, 2.45) is 0 Å². The molecular formula is C32H31F2N5O5. The van der Waals surface area contributed by atoms with E-state index in [1.165, 1.54) is 30.5 Å². The van der Waals surface area contributed by atoms with Crippen LogP contribution < -0.4 is 15.0 Å². The molecule has 6 rings (SSSR count). The molecule has 44 heavy (non-hydrogen) atoms. The molecule has 2 atom stereocenters. The molecule has 0 saturated carbocycles. The molecule has 10 nitrogen and oxygen atoms in total. The summed E-state index contributed by atoms with van der Waals surface area (Å²) in [5, 5.41) is 23.8. The minimum atomic E-state index is -0.915. The van der Waals surface area contributed by atoms with Crippen LogP contribution in [-0.2, 0) is 9.53 Å². The van der Waals surface area contributed by atoms with Gasteiger partial charge in [0.15, 0.2) is 5.82 Å². The lowest BCUT2D eigenvalue weighted by molar-refractivity contribution is -0.138. The summed E-state index contributed by atoms with van der Waals surface area (Å²) in [5.41, 5.74) is -0.0879. The standard InChI is InChI=1S/C32H31F2N5O5/c1-2-22-25(33)8-5-18-13-21(40)14-23(27(18)22)29-28(34)30-24(15-35-29)31(39-16-19-6-7-20(17-39)36-19)38-32(37-30)44-11-4-3-10-43-12-9-26(41)42/h1,5,8,13-15,19-20,36,40H,3-4,6-7,9-12,16-17H2,(H,41,42). The van der Waals surface area contributed by atoms with Gasteiger partial charge in [0, 0.05) is 48.9 Å². The highest BCUT2D eigenvalue weighted by Gasteiger charge is 2.34. The zero-order chi connectivity index (χ0) is 30.8. The largest absolute Gasteiger partial charge is 0.508 e. The van der Waals surface area contributed by atoms with E-state index in [-0.39, 0.29) is 71.2 Å². The number of pyridine rings is 1. The molecule has 2 aliphatic heterocycles. The molecule has 0 spiro atoms. The number of piperazine rings is 1. The number of carboxylic acids is 1. The highest BCUT2D eigenvalue weighted by Crippen LogP contribution is 2.39. The van der Waals surface area contributed by atoms with Crippen LogP contribution in [0.2, 0.25) is 0 Å². The van der Waals surface area contributed by atoms with E-state index < -0.39 is 17.6 Å². The number of hydrogen-bond donors (Lipinski definition) is 3. The summed E-state index contributed by atoms with van der Waals surface area (Å²) in [4.78, 5) is 26.3. The van der Waals surface area contributed by atoms with Crippen LogP contribution in [0.25, 0.3) is 32.9 Å².